The minimum atomic E-state index is 0.381. The van der Waals surface area contributed by atoms with Crippen molar-refractivity contribution in [2.45, 2.75) is 46.7 Å². The monoisotopic (exact) mass is 215 g/mol. The maximum Gasteiger partial charge on any atom is 0.0238 e. The van der Waals surface area contributed by atoms with Crippen LogP contribution in [0.2, 0.25) is 0 Å². The van der Waals surface area contributed by atoms with Crippen LogP contribution in [0.5, 0.6) is 0 Å². The van der Waals surface area contributed by atoms with Crippen molar-refractivity contribution in [3.8, 4) is 12.3 Å². The predicted molar refractivity (Wildman–Crippen MR) is 70.4 cm³/mol. The molecule has 0 spiro atoms. The Kier molecular flexibility index (Phi) is 4.58. The molecule has 1 atom stereocenters. The Morgan fingerprint density at radius 3 is 2.44 bits per heavy atom. The lowest BCUT2D eigenvalue weighted by Gasteiger charge is -2.14. The Balaban J connectivity index is 2.68. The summed E-state index contributed by atoms with van der Waals surface area (Å²) in [6, 6.07) is 4.89. The van der Waals surface area contributed by atoms with Crippen molar-refractivity contribution < 1.29 is 0 Å². The summed E-state index contributed by atoms with van der Waals surface area (Å²) in [5.74, 6) is 2.68. The number of aryl methyl sites for hydroxylation is 3. The van der Waals surface area contributed by atoms with Crippen molar-refractivity contribution in [2.24, 2.45) is 0 Å². The molecule has 1 aromatic rings. The van der Waals surface area contributed by atoms with E-state index in [1.807, 2.05) is 0 Å². The minimum Gasteiger partial charge on any atom is -0.309 e. The zero-order valence-corrected chi connectivity index (χ0v) is 10.7. The fraction of sp³-hybridized carbons (Fsp3) is 0.467. The molecule has 16 heavy (non-hydrogen) atoms. The SMILES string of the molecule is C#CCC(C)NCc1cc(C)c(C)cc1C. The summed E-state index contributed by atoms with van der Waals surface area (Å²) in [4.78, 5) is 0. The third-order valence-electron chi connectivity index (χ3n) is 3.02. The van der Waals surface area contributed by atoms with Gasteiger partial charge in [-0.05, 0) is 49.9 Å². The van der Waals surface area contributed by atoms with E-state index < -0.39 is 0 Å². The van der Waals surface area contributed by atoms with Gasteiger partial charge in [-0.2, -0.15) is 0 Å². The number of nitrogens with one attached hydrogen (secondary N) is 1. The van der Waals surface area contributed by atoms with Gasteiger partial charge in [0.05, 0.1) is 0 Å². The standard InChI is InChI=1S/C15H21N/c1-6-7-14(5)16-10-15-9-12(3)11(2)8-13(15)4/h1,8-9,14,16H,7,10H2,2-5H3. The Hall–Kier alpha value is -1.26. The molecule has 1 heteroatoms. The Morgan fingerprint density at radius 2 is 1.81 bits per heavy atom. The summed E-state index contributed by atoms with van der Waals surface area (Å²) in [6.07, 6.45) is 6.06. The number of benzene rings is 1. The summed E-state index contributed by atoms with van der Waals surface area (Å²) < 4.78 is 0. The molecule has 0 aliphatic heterocycles. The number of hydrogen-bond donors (Lipinski definition) is 1. The molecule has 0 saturated carbocycles. The first-order valence-electron chi connectivity index (χ1n) is 5.78. The van der Waals surface area contributed by atoms with Gasteiger partial charge >= 0.3 is 0 Å². The average Bonchev–Trinajstić information content (AvgIpc) is 2.22. The van der Waals surface area contributed by atoms with Crippen molar-refractivity contribution in [1.82, 2.24) is 5.32 Å². The highest BCUT2D eigenvalue weighted by atomic mass is 14.9. The molecule has 0 fully saturated rings. The minimum absolute atomic E-state index is 0.381. The number of rotatable bonds is 4. The van der Waals surface area contributed by atoms with Crippen molar-refractivity contribution >= 4 is 0 Å². The van der Waals surface area contributed by atoms with Gasteiger partial charge in [0.15, 0.2) is 0 Å². The summed E-state index contributed by atoms with van der Waals surface area (Å²) in [5.41, 5.74) is 5.43. The van der Waals surface area contributed by atoms with Gasteiger partial charge in [0.1, 0.15) is 0 Å². The summed E-state index contributed by atoms with van der Waals surface area (Å²) in [6.45, 7) is 9.49. The van der Waals surface area contributed by atoms with Crippen molar-refractivity contribution in [3.05, 3.63) is 34.4 Å². The summed E-state index contributed by atoms with van der Waals surface area (Å²) in [5, 5.41) is 3.44. The predicted octanol–water partition coefficient (Wildman–Crippen LogP) is 3.11. The topological polar surface area (TPSA) is 12.0 Å². The van der Waals surface area contributed by atoms with Crippen molar-refractivity contribution in [2.75, 3.05) is 0 Å². The molecule has 0 radical (unpaired) electrons. The van der Waals surface area contributed by atoms with E-state index >= 15 is 0 Å². The van der Waals surface area contributed by atoms with E-state index in [-0.39, 0.29) is 0 Å². The van der Waals surface area contributed by atoms with Crippen LogP contribution in [0.25, 0.3) is 0 Å². The fourth-order valence-corrected chi connectivity index (χ4v) is 1.74. The van der Waals surface area contributed by atoms with E-state index in [9.17, 15) is 0 Å². The average molecular weight is 215 g/mol. The first-order valence-corrected chi connectivity index (χ1v) is 5.78. The van der Waals surface area contributed by atoms with E-state index in [1.165, 1.54) is 22.3 Å². The quantitative estimate of drug-likeness (QED) is 0.761. The summed E-state index contributed by atoms with van der Waals surface area (Å²) in [7, 11) is 0. The molecule has 1 aromatic carbocycles. The lowest BCUT2D eigenvalue weighted by Crippen LogP contribution is -2.25. The normalized spacial score (nSPS) is 12.2. The molecule has 86 valence electrons. The second kappa shape index (κ2) is 5.72. The molecule has 0 bridgehead atoms. The molecule has 0 saturated heterocycles. The Bertz CT molecular complexity index is 399. The largest absolute Gasteiger partial charge is 0.309 e. The van der Waals surface area contributed by atoms with Crippen LogP contribution in [0.15, 0.2) is 12.1 Å². The molecule has 0 amide bonds. The molecule has 1 unspecified atom stereocenters. The number of hydrogen-bond acceptors (Lipinski definition) is 1. The van der Waals surface area contributed by atoms with Crippen molar-refractivity contribution in [1.29, 1.82) is 0 Å². The lowest BCUT2D eigenvalue weighted by molar-refractivity contribution is 0.558. The van der Waals surface area contributed by atoms with Gasteiger partial charge in [-0.1, -0.05) is 12.1 Å². The highest BCUT2D eigenvalue weighted by Crippen LogP contribution is 2.15. The van der Waals surface area contributed by atoms with Gasteiger partial charge < -0.3 is 5.32 Å². The van der Waals surface area contributed by atoms with Crippen LogP contribution in [-0.2, 0) is 6.54 Å². The molecular weight excluding hydrogens is 194 g/mol. The van der Waals surface area contributed by atoms with E-state index in [1.54, 1.807) is 0 Å². The maximum atomic E-state index is 5.28. The first kappa shape index (κ1) is 12.8. The van der Waals surface area contributed by atoms with Crippen LogP contribution in [0.4, 0.5) is 0 Å². The first-order chi connectivity index (χ1) is 7.54. The highest BCUT2D eigenvalue weighted by molar-refractivity contribution is 5.36. The van der Waals surface area contributed by atoms with E-state index in [4.69, 9.17) is 6.42 Å². The Morgan fingerprint density at radius 1 is 1.19 bits per heavy atom. The third-order valence-corrected chi connectivity index (χ3v) is 3.02. The van der Waals surface area contributed by atoms with E-state index in [0.717, 1.165) is 13.0 Å². The van der Waals surface area contributed by atoms with Crippen LogP contribution in [0.3, 0.4) is 0 Å². The second-order valence-corrected chi connectivity index (χ2v) is 4.55. The smallest absolute Gasteiger partial charge is 0.0238 e. The fourth-order valence-electron chi connectivity index (χ4n) is 1.74. The van der Waals surface area contributed by atoms with Crippen molar-refractivity contribution in [3.63, 3.8) is 0 Å². The van der Waals surface area contributed by atoms with Crippen LogP contribution < -0.4 is 5.32 Å². The molecule has 0 aliphatic carbocycles. The summed E-state index contributed by atoms with van der Waals surface area (Å²) >= 11 is 0. The molecule has 1 N–H and O–H groups in total. The van der Waals surface area contributed by atoms with Gasteiger partial charge in [-0.25, -0.2) is 0 Å². The maximum absolute atomic E-state index is 5.28. The highest BCUT2D eigenvalue weighted by Gasteiger charge is 2.04. The van der Waals surface area contributed by atoms with Gasteiger partial charge in [0.2, 0.25) is 0 Å². The lowest BCUT2D eigenvalue weighted by atomic mass is 10.0. The van der Waals surface area contributed by atoms with Gasteiger partial charge in [0, 0.05) is 19.0 Å². The van der Waals surface area contributed by atoms with Crippen LogP contribution in [-0.4, -0.2) is 6.04 Å². The zero-order valence-electron chi connectivity index (χ0n) is 10.7. The van der Waals surface area contributed by atoms with Gasteiger partial charge in [0.25, 0.3) is 0 Å². The zero-order chi connectivity index (χ0) is 12.1. The molecular formula is C15H21N. The molecule has 0 aromatic heterocycles. The third kappa shape index (κ3) is 3.40. The number of terminal acetylenes is 1. The van der Waals surface area contributed by atoms with Crippen LogP contribution in [0, 0.1) is 33.1 Å². The van der Waals surface area contributed by atoms with Crippen LogP contribution in [0.1, 0.15) is 35.6 Å². The van der Waals surface area contributed by atoms with E-state index in [2.05, 4.69) is 51.1 Å². The second-order valence-electron chi connectivity index (χ2n) is 4.55. The van der Waals surface area contributed by atoms with Crippen LogP contribution >= 0.6 is 0 Å². The molecule has 1 nitrogen and oxygen atoms in total. The Labute approximate surface area is 99.3 Å². The molecule has 0 aliphatic rings. The molecule has 0 heterocycles. The van der Waals surface area contributed by atoms with E-state index in [0.29, 0.717) is 6.04 Å². The molecule has 1 rings (SSSR count). The van der Waals surface area contributed by atoms with Gasteiger partial charge in [-0.15, -0.1) is 12.3 Å². The van der Waals surface area contributed by atoms with Gasteiger partial charge in [-0.3, -0.25) is 0 Å².